The zero-order valence-corrected chi connectivity index (χ0v) is 13.1. The lowest BCUT2D eigenvalue weighted by Crippen LogP contribution is -2.27. The van der Waals surface area contributed by atoms with Crippen LogP contribution < -0.4 is 5.32 Å². The number of carbonyl (C=O) groups excluding carboxylic acids is 1. The number of rotatable bonds is 4. The molecule has 2 aromatic rings. The van der Waals surface area contributed by atoms with Crippen molar-refractivity contribution < 1.29 is 4.79 Å². The first-order valence-corrected chi connectivity index (χ1v) is 8.32. The molecule has 22 heavy (non-hydrogen) atoms. The predicted octanol–water partition coefficient (Wildman–Crippen LogP) is 2.83. The maximum Gasteiger partial charge on any atom is 0.220 e. The molecule has 2 heterocycles. The third-order valence-corrected chi connectivity index (χ3v) is 5.44. The Morgan fingerprint density at radius 1 is 1.32 bits per heavy atom. The Balaban J connectivity index is 1.37. The van der Waals surface area contributed by atoms with Gasteiger partial charge in [-0.25, -0.2) is 0 Å². The Morgan fingerprint density at radius 3 is 3.00 bits per heavy atom. The van der Waals surface area contributed by atoms with Gasteiger partial charge in [0.1, 0.15) is 0 Å². The van der Waals surface area contributed by atoms with E-state index in [1.54, 1.807) is 12.3 Å². The summed E-state index contributed by atoms with van der Waals surface area (Å²) in [4.78, 5) is 12.2. The van der Waals surface area contributed by atoms with Gasteiger partial charge in [0.15, 0.2) is 11.5 Å². The van der Waals surface area contributed by atoms with Crippen molar-refractivity contribution in [1.82, 2.24) is 19.9 Å². The number of hydrogen-bond acceptors (Lipinski definition) is 3. The van der Waals surface area contributed by atoms with Crippen LogP contribution in [0.2, 0.25) is 5.02 Å². The summed E-state index contributed by atoms with van der Waals surface area (Å²) in [5, 5.41) is 11.8. The number of halogens is 1. The van der Waals surface area contributed by atoms with Crippen molar-refractivity contribution in [3.05, 3.63) is 29.2 Å². The quantitative estimate of drug-likeness (QED) is 0.943. The van der Waals surface area contributed by atoms with E-state index in [2.05, 4.69) is 15.5 Å². The van der Waals surface area contributed by atoms with Gasteiger partial charge < -0.3 is 5.32 Å². The van der Waals surface area contributed by atoms with E-state index >= 15 is 0 Å². The van der Waals surface area contributed by atoms with E-state index in [0.29, 0.717) is 29.7 Å². The van der Waals surface area contributed by atoms with Crippen molar-refractivity contribution in [3.8, 4) is 0 Å². The Labute approximate surface area is 134 Å². The maximum atomic E-state index is 12.2. The number of aromatic nitrogens is 3. The van der Waals surface area contributed by atoms with Gasteiger partial charge in [-0.05, 0) is 49.1 Å². The molecule has 2 bridgehead atoms. The van der Waals surface area contributed by atoms with Crippen LogP contribution in [0.3, 0.4) is 0 Å². The molecule has 5 nitrogen and oxygen atoms in total. The van der Waals surface area contributed by atoms with Gasteiger partial charge in [0, 0.05) is 12.6 Å². The van der Waals surface area contributed by atoms with Gasteiger partial charge in [-0.3, -0.25) is 9.20 Å². The lowest BCUT2D eigenvalue weighted by atomic mass is 9.86. The number of nitrogens with one attached hydrogen (secondary N) is 1. The second kappa shape index (κ2) is 5.54. The van der Waals surface area contributed by atoms with Crippen molar-refractivity contribution in [2.45, 2.75) is 38.6 Å². The molecule has 2 fully saturated rings. The second-order valence-corrected chi connectivity index (χ2v) is 7.04. The van der Waals surface area contributed by atoms with Gasteiger partial charge in [-0.1, -0.05) is 18.0 Å². The standard InChI is InChI=1S/C16H19ClN4O/c17-13-3-4-14-19-20-15(21(14)9-13)8-18-16(22)7-12-6-10-1-2-11(12)5-10/h3-4,9-12H,1-2,5-8H2,(H,18,22). The minimum absolute atomic E-state index is 0.122. The van der Waals surface area contributed by atoms with E-state index in [1.165, 1.54) is 25.7 Å². The van der Waals surface area contributed by atoms with E-state index < -0.39 is 0 Å². The van der Waals surface area contributed by atoms with Crippen LogP contribution >= 0.6 is 11.6 Å². The van der Waals surface area contributed by atoms with Gasteiger partial charge in [0.05, 0.1) is 11.6 Å². The van der Waals surface area contributed by atoms with Crippen molar-refractivity contribution >= 4 is 23.2 Å². The largest absolute Gasteiger partial charge is 0.349 e. The van der Waals surface area contributed by atoms with Crippen LogP contribution in [0.15, 0.2) is 18.3 Å². The number of nitrogens with zero attached hydrogens (tertiary/aromatic N) is 3. The Bertz CT molecular complexity index is 713. The summed E-state index contributed by atoms with van der Waals surface area (Å²) in [6, 6.07) is 3.60. The molecule has 2 saturated carbocycles. The topological polar surface area (TPSA) is 59.3 Å². The zero-order valence-electron chi connectivity index (χ0n) is 12.3. The smallest absolute Gasteiger partial charge is 0.220 e. The number of fused-ring (bicyclic) bond motifs is 3. The number of pyridine rings is 1. The monoisotopic (exact) mass is 318 g/mol. The molecule has 3 unspecified atom stereocenters. The molecule has 4 rings (SSSR count). The lowest BCUT2D eigenvalue weighted by Gasteiger charge is -2.20. The van der Waals surface area contributed by atoms with E-state index in [4.69, 9.17) is 11.6 Å². The summed E-state index contributed by atoms with van der Waals surface area (Å²) < 4.78 is 1.82. The van der Waals surface area contributed by atoms with Gasteiger partial charge in [0.25, 0.3) is 0 Å². The highest BCUT2D eigenvalue weighted by Gasteiger charge is 2.40. The Hall–Kier alpha value is -1.62. The minimum Gasteiger partial charge on any atom is -0.349 e. The molecule has 0 spiro atoms. The summed E-state index contributed by atoms with van der Waals surface area (Å²) in [6.45, 7) is 0.390. The molecular weight excluding hydrogens is 300 g/mol. The van der Waals surface area contributed by atoms with Gasteiger partial charge in [-0.2, -0.15) is 0 Å². The number of amides is 1. The minimum atomic E-state index is 0.122. The van der Waals surface area contributed by atoms with Crippen molar-refractivity contribution in [2.24, 2.45) is 17.8 Å². The average Bonchev–Trinajstić information content (AvgIpc) is 3.20. The fourth-order valence-electron chi connectivity index (χ4n) is 4.15. The van der Waals surface area contributed by atoms with Crippen LogP contribution in [0.1, 0.15) is 37.9 Å². The first-order chi connectivity index (χ1) is 10.7. The van der Waals surface area contributed by atoms with Gasteiger partial charge in [0.2, 0.25) is 5.91 Å². The summed E-state index contributed by atoms with van der Waals surface area (Å²) in [5.74, 6) is 3.08. The van der Waals surface area contributed by atoms with Crippen LogP contribution in [0.25, 0.3) is 5.65 Å². The average molecular weight is 319 g/mol. The summed E-state index contributed by atoms with van der Waals surface area (Å²) in [6.07, 6.45) is 7.69. The third-order valence-electron chi connectivity index (χ3n) is 5.21. The van der Waals surface area contributed by atoms with Gasteiger partial charge in [-0.15, -0.1) is 10.2 Å². The van der Waals surface area contributed by atoms with Crippen LogP contribution in [0.5, 0.6) is 0 Å². The predicted molar refractivity (Wildman–Crippen MR) is 83.4 cm³/mol. The van der Waals surface area contributed by atoms with E-state index in [9.17, 15) is 4.79 Å². The van der Waals surface area contributed by atoms with Crippen molar-refractivity contribution in [1.29, 1.82) is 0 Å². The van der Waals surface area contributed by atoms with E-state index in [1.807, 2.05) is 10.5 Å². The SMILES string of the molecule is O=C(CC1CC2CCC1C2)NCc1nnc2ccc(Cl)cn12. The van der Waals surface area contributed by atoms with Crippen LogP contribution in [-0.2, 0) is 11.3 Å². The molecule has 1 N–H and O–H groups in total. The third kappa shape index (κ3) is 2.58. The molecular formula is C16H19ClN4O. The molecule has 2 aliphatic rings. The zero-order chi connectivity index (χ0) is 15.1. The molecule has 0 saturated heterocycles. The molecule has 0 radical (unpaired) electrons. The van der Waals surface area contributed by atoms with E-state index in [-0.39, 0.29) is 5.91 Å². The Kier molecular flexibility index (Phi) is 3.53. The highest BCUT2D eigenvalue weighted by Crippen LogP contribution is 2.49. The Morgan fingerprint density at radius 2 is 2.23 bits per heavy atom. The normalized spacial score (nSPS) is 26.7. The highest BCUT2D eigenvalue weighted by molar-refractivity contribution is 6.30. The fraction of sp³-hybridized carbons (Fsp3) is 0.562. The molecule has 2 aromatic heterocycles. The van der Waals surface area contributed by atoms with Gasteiger partial charge >= 0.3 is 0 Å². The van der Waals surface area contributed by atoms with E-state index in [0.717, 1.165) is 17.5 Å². The van der Waals surface area contributed by atoms with Crippen molar-refractivity contribution in [2.75, 3.05) is 0 Å². The first kappa shape index (κ1) is 14.0. The summed E-state index contributed by atoms with van der Waals surface area (Å²) in [7, 11) is 0. The van der Waals surface area contributed by atoms with Crippen LogP contribution in [0.4, 0.5) is 0 Å². The lowest BCUT2D eigenvalue weighted by molar-refractivity contribution is -0.122. The second-order valence-electron chi connectivity index (χ2n) is 6.61. The summed E-state index contributed by atoms with van der Waals surface area (Å²) in [5.41, 5.74) is 0.738. The molecule has 1 amide bonds. The van der Waals surface area contributed by atoms with Crippen LogP contribution in [-0.4, -0.2) is 20.5 Å². The molecule has 6 heteroatoms. The number of hydrogen-bond donors (Lipinski definition) is 1. The molecule has 0 aromatic carbocycles. The number of carbonyl (C=O) groups is 1. The molecule has 116 valence electrons. The summed E-state index contributed by atoms with van der Waals surface area (Å²) >= 11 is 6.00. The fourth-order valence-corrected chi connectivity index (χ4v) is 4.31. The molecule has 0 aliphatic heterocycles. The first-order valence-electron chi connectivity index (χ1n) is 7.95. The van der Waals surface area contributed by atoms with Crippen molar-refractivity contribution in [3.63, 3.8) is 0 Å². The maximum absolute atomic E-state index is 12.2. The molecule has 2 aliphatic carbocycles. The molecule has 3 atom stereocenters. The van der Waals surface area contributed by atoms with Crippen LogP contribution in [0, 0.1) is 17.8 Å². The highest BCUT2D eigenvalue weighted by atomic mass is 35.5.